The van der Waals surface area contributed by atoms with E-state index in [-0.39, 0.29) is 40.5 Å². The number of hydrogen-bond acceptors (Lipinski definition) is 5. The summed E-state index contributed by atoms with van der Waals surface area (Å²) in [6.07, 6.45) is 0.197. The Hall–Kier alpha value is -1.89. The topological polar surface area (TPSA) is 63.7 Å². The Morgan fingerprint density at radius 1 is 1.43 bits per heavy atom. The van der Waals surface area contributed by atoms with Crippen molar-refractivity contribution in [3.05, 3.63) is 29.6 Å². The molecule has 0 aromatic heterocycles. The van der Waals surface area contributed by atoms with Crippen LogP contribution in [-0.4, -0.2) is 35.9 Å². The molecule has 0 aliphatic carbocycles. The molecule has 0 saturated carbocycles. The minimum absolute atomic E-state index is 0.0730. The molecule has 1 aromatic carbocycles. The number of rotatable bonds is 3. The van der Waals surface area contributed by atoms with Gasteiger partial charge in [-0.1, -0.05) is 11.8 Å². The SMILES string of the molecule is COC(=O)c1ccc(N2CC(SC(C)=O)CC2=O)c(F)c1. The van der Waals surface area contributed by atoms with E-state index >= 15 is 0 Å². The van der Waals surface area contributed by atoms with Gasteiger partial charge >= 0.3 is 5.97 Å². The second-order valence-electron chi connectivity index (χ2n) is 4.60. The average molecular weight is 311 g/mol. The van der Waals surface area contributed by atoms with E-state index in [2.05, 4.69) is 4.74 Å². The fraction of sp³-hybridized carbons (Fsp3) is 0.357. The van der Waals surface area contributed by atoms with Crippen molar-refractivity contribution in [2.24, 2.45) is 0 Å². The molecule has 1 atom stereocenters. The van der Waals surface area contributed by atoms with Crippen molar-refractivity contribution in [1.82, 2.24) is 0 Å². The van der Waals surface area contributed by atoms with E-state index in [0.29, 0.717) is 0 Å². The maximum absolute atomic E-state index is 14.1. The zero-order valence-corrected chi connectivity index (χ0v) is 12.4. The lowest BCUT2D eigenvalue weighted by molar-refractivity contribution is -0.117. The highest BCUT2D eigenvalue weighted by molar-refractivity contribution is 8.14. The number of benzene rings is 1. The number of methoxy groups -OCH3 is 1. The number of thioether (sulfide) groups is 1. The van der Waals surface area contributed by atoms with E-state index in [1.54, 1.807) is 0 Å². The van der Waals surface area contributed by atoms with Gasteiger partial charge in [0.05, 0.1) is 18.4 Å². The van der Waals surface area contributed by atoms with Gasteiger partial charge in [-0.25, -0.2) is 9.18 Å². The molecule has 1 aromatic rings. The molecule has 0 bridgehead atoms. The summed E-state index contributed by atoms with van der Waals surface area (Å²) in [5.41, 5.74) is 0.194. The maximum Gasteiger partial charge on any atom is 0.337 e. The number of carbonyl (C=O) groups excluding carboxylic acids is 3. The third-order valence-corrected chi connectivity index (χ3v) is 4.06. The molecule has 1 heterocycles. The summed E-state index contributed by atoms with van der Waals surface area (Å²) in [7, 11) is 1.21. The smallest absolute Gasteiger partial charge is 0.337 e. The fourth-order valence-corrected chi connectivity index (χ4v) is 3.11. The first-order valence-electron chi connectivity index (χ1n) is 6.28. The average Bonchev–Trinajstić information content (AvgIpc) is 2.77. The van der Waals surface area contributed by atoms with Gasteiger partial charge in [-0.15, -0.1) is 0 Å². The monoisotopic (exact) mass is 311 g/mol. The molecule has 0 radical (unpaired) electrons. The molecule has 5 nitrogen and oxygen atoms in total. The minimum Gasteiger partial charge on any atom is -0.465 e. The first-order chi connectivity index (χ1) is 9.92. The second-order valence-corrected chi connectivity index (χ2v) is 6.07. The molecule has 1 aliphatic rings. The number of nitrogens with zero attached hydrogens (tertiary/aromatic N) is 1. The molecule has 1 saturated heterocycles. The predicted molar refractivity (Wildman–Crippen MR) is 76.8 cm³/mol. The largest absolute Gasteiger partial charge is 0.465 e. The molecule has 2 rings (SSSR count). The Kier molecular flexibility index (Phi) is 4.62. The highest BCUT2D eigenvalue weighted by Gasteiger charge is 2.33. The molecule has 7 heteroatoms. The number of anilines is 1. The van der Waals surface area contributed by atoms with Crippen LogP contribution in [0.3, 0.4) is 0 Å². The maximum atomic E-state index is 14.1. The lowest BCUT2D eigenvalue weighted by Crippen LogP contribution is -2.26. The minimum atomic E-state index is -0.667. The van der Waals surface area contributed by atoms with Crippen molar-refractivity contribution < 1.29 is 23.5 Å². The third kappa shape index (κ3) is 3.41. The summed E-state index contributed by atoms with van der Waals surface area (Å²) < 4.78 is 18.6. The summed E-state index contributed by atoms with van der Waals surface area (Å²) in [6, 6.07) is 3.82. The van der Waals surface area contributed by atoms with E-state index < -0.39 is 11.8 Å². The van der Waals surface area contributed by atoms with Crippen molar-refractivity contribution in [2.45, 2.75) is 18.6 Å². The van der Waals surface area contributed by atoms with Gasteiger partial charge in [0.15, 0.2) is 5.12 Å². The first-order valence-corrected chi connectivity index (χ1v) is 7.15. The number of carbonyl (C=O) groups is 3. The summed E-state index contributed by atoms with van der Waals surface area (Å²) in [4.78, 5) is 35.6. The van der Waals surface area contributed by atoms with Crippen LogP contribution in [0.4, 0.5) is 10.1 Å². The predicted octanol–water partition coefficient (Wildman–Crippen LogP) is 2.00. The van der Waals surface area contributed by atoms with Gasteiger partial charge in [-0.2, -0.15) is 0 Å². The van der Waals surface area contributed by atoms with Gasteiger partial charge < -0.3 is 9.64 Å². The normalized spacial score (nSPS) is 18.0. The highest BCUT2D eigenvalue weighted by atomic mass is 32.2. The Labute approximate surface area is 125 Å². The Morgan fingerprint density at radius 3 is 2.71 bits per heavy atom. The second kappa shape index (κ2) is 6.26. The fourth-order valence-electron chi connectivity index (χ4n) is 2.19. The lowest BCUT2D eigenvalue weighted by atomic mass is 10.2. The molecule has 1 fully saturated rings. The first kappa shape index (κ1) is 15.5. The Balaban J connectivity index is 2.20. The lowest BCUT2D eigenvalue weighted by Gasteiger charge is -2.17. The molecule has 112 valence electrons. The van der Waals surface area contributed by atoms with Gasteiger partial charge in [0.1, 0.15) is 5.82 Å². The van der Waals surface area contributed by atoms with Gasteiger partial charge in [-0.3, -0.25) is 9.59 Å². The van der Waals surface area contributed by atoms with Crippen molar-refractivity contribution in [1.29, 1.82) is 0 Å². The molecule has 0 N–H and O–H groups in total. The van der Waals surface area contributed by atoms with Crippen LogP contribution >= 0.6 is 11.8 Å². The van der Waals surface area contributed by atoms with Gasteiger partial charge in [-0.05, 0) is 18.2 Å². The molecule has 21 heavy (non-hydrogen) atoms. The van der Waals surface area contributed by atoms with Crippen LogP contribution < -0.4 is 4.90 Å². The summed E-state index contributed by atoms with van der Waals surface area (Å²) in [5.74, 6) is -1.54. The van der Waals surface area contributed by atoms with Crippen molar-refractivity contribution in [3.8, 4) is 0 Å². The van der Waals surface area contributed by atoms with Crippen LogP contribution in [0.5, 0.6) is 0 Å². The molecule has 1 unspecified atom stereocenters. The van der Waals surface area contributed by atoms with E-state index in [0.717, 1.165) is 17.8 Å². The Bertz CT molecular complexity index is 605. The van der Waals surface area contributed by atoms with Crippen molar-refractivity contribution in [2.75, 3.05) is 18.6 Å². The van der Waals surface area contributed by atoms with E-state index in [4.69, 9.17) is 0 Å². The molecule has 0 spiro atoms. The van der Waals surface area contributed by atoms with Crippen LogP contribution in [0.2, 0.25) is 0 Å². The van der Waals surface area contributed by atoms with Crippen LogP contribution in [0.1, 0.15) is 23.7 Å². The standard InChI is InChI=1S/C14H14FNO4S/c1-8(17)21-10-6-13(18)16(7-10)12-4-3-9(5-11(12)15)14(19)20-2/h3-5,10H,6-7H2,1-2H3. The molecular formula is C14H14FNO4S. The number of hydrogen-bond donors (Lipinski definition) is 0. The quantitative estimate of drug-likeness (QED) is 0.799. The van der Waals surface area contributed by atoms with Crippen LogP contribution in [-0.2, 0) is 14.3 Å². The number of ether oxygens (including phenoxy) is 1. The van der Waals surface area contributed by atoms with Crippen molar-refractivity contribution in [3.63, 3.8) is 0 Å². The van der Waals surface area contributed by atoms with Crippen LogP contribution in [0.25, 0.3) is 0 Å². The van der Waals surface area contributed by atoms with Crippen LogP contribution in [0.15, 0.2) is 18.2 Å². The van der Waals surface area contributed by atoms with Gasteiger partial charge in [0.25, 0.3) is 0 Å². The van der Waals surface area contributed by atoms with E-state index in [9.17, 15) is 18.8 Å². The van der Waals surface area contributed by atoms with Gasteiger partial charge in [0, 0.05) is 25.1 Å². The van der Waals surface area contributed by atoms with Gasteiger partial charge in [0.2, 0.25) is 5.91 Å². The highest BCUT2D eigenvalue weighted by Crippen LogP contribution is 2.30. The summed E-state index contributed by atoms with van der Waals surface area (Å²) in [5, 5.41) is -0.245. The van der Waals surface area contributed by atoms with E-state index in [1.807, 2.05) is 0 Å². The van der Waals surface area contributed by atoms with Crippen LogP contribution in [0, 0.1) is 5.82 Å². The number of halogens is 1. The van der Waals surface area contributed by atoms with E-state index in [1.165, 1.54) is 31.1 Å². The zero-order chi connectivity index (χ0) is 15.6. The summed E-state index contributed by atoms with van der Waals surface area (Å²) >= 11 is 1.08. The molecular weight excluding hydrogens is 297 g/mol. The number of amides is 1. The Morgan fingerprint density at radius 2 is 2.14 bits per heavy atom. The van der Waals surface area contributed by atoms with Crippen molar-refractivity contribution >= 4 is 34.4 Å². The zero-order valence-electron chi connectivity index (χ0n) is 11.6. The molecule has 1 amide bonds. The third-order valence-electron chi connectivity index (χ3n) is 3.08. The number of esters is 1. The summed E-state index contributed by atoms with van der Waals surface area (Å²) in [6.45, 7) is 1.71. The molecule has 1 aliphatic heterocycles.